The van der Waals surface area contributed by atoms with Gasteiger partial charge in [0, 0.05) is 32.7 Å². The van der Waals surface area contributed by atoms with E-state index in [4.69, 9.17) is 9.47 Å². The average molecular weight is 475 g/mol. The number of fused-ring (bicyclic) bond motifs is 1. The van der Waals surface area contributed by atoms with Crippen LogP contribution in [0.1, 0.15) is 66.7 Å². The molecule has 2 aliphatic heterocycles. The highest BCUT2D eigenvalue weighted by atomic mass is 16.7. The fourth-order valence-electron chi connectivity index (χ4n) is 5.72. The summed E-state index contributed by atoms with van der Waals surface area (Å²) in [4.78, 5) is 5.08. The molecule has 6 rings (SSSR count). The number of benzene rings is 2. The number of tetrazole rings is 1. The lowest BCUT2D eigenvalue weighted by molar-refractivity contribution is 0.0986. The predicted octanol–water partition coefficient (Wildman–Crippen LogP) is 4.12. The Morgan fingerprint density at radius 2 is 1.69 bits per heavy atom. The number of hydrogen-bond donors (Lipinski definition) is 0. The Labute approximate surface area is 206 Å². The summed E-state index contributed by atoms with van der Waals surface area (Å²) in [5.74, 6) is 2.69. The van der Waals surface area contributed by atoms with Gasteiger partial charge < -0.3 is 9.47 Å². The van der Waals surface area contributed by atoms with Crippen LogP contribution in [0.5, 0.6) is 11.5 Å². The number of rotatable bonds is 6. The van der Waals surface area contributed by atoms with Gasteiger partial charge in [0.05, 0.1) is 12.1 Å². The second kappa shape index (κ2) is 9.95. The first-order valence-corrected chi connectivity index (χ1v) is 12.9. The Bertz CT molecular complexity index is 1130. The maximum Gasteiger partial charge on any atom is 0.231 e. The van der Waals surface area contributed by atoms with E-state index >= 15 is 0 Å². The number of hydrogen-bond acceptors (Lipinski definition) is 7. The maximum absolute atomic E-state index is 5.57. The van der Waals surface area contributed by atoms with Crippen LogP contribution in [0.15, 0.2) is 42.5 Å². The molecule has 8 nitrogen and oxygen atoms in total. The van der Waals surface area contributed by atoms with E-state index in [-0.39, 0.29) is 6.04 Å². The van der Waals surface area contributed by atoms with Crippen molar-refractivity contribution in [3.05, 3.63) is 65.0 Å². The van der Waals surface area contributed by atoms with E-state index in [1.807, 2.05) is 6.07 Å². The number of piperazine rings is 1. The summed E-state index contributed by atoms with van der Waals surface area (Å²) in [5.41, 5.74) is 3.80. The van der Waals surface area contributed by atoms with E-state index in [9.17, 15) is 0 Å². The first-order chi connectivity index (χ1) is 17.2. The first-order valence-electron chi connectivity index (χ1n) is 12.9. The second-order valence-electron chi connectivity index (χ2n) is 10.1. The van der Waals surface area contributed by atoms with E-state index in [0.717, 1.165) is 50.0 Å². The number of aromatic nitrogens is 4. The van der Waals surface area contributed by atoms with Crippen molar-refractivity contribution < 1.29 is 9.47 Å². The summed E-state index contributed by atoms with van der Waals surface area (Å²) >= 11 is 0. The van der Waals surface area contributed by atoms with Crippen molar-refractivity contribution in [1.82, 2.24) is 30.0 Å². The summed E-state index contributed by atoms with van der Waals surface area (Å²) in [7, 11) is 0. The Balaban J connectivity index is 1.20. The lowest BCUT2D eigenvalue weighted by Crippen LogP contribution is -2.48. The molecule has 1 saturated carbocycles. The lowest BCUT2D eigenvalue weighted by Gasteiger charge is -2.39. The standard InChI is InChI=1S/C27H34N6O2/c1-20-7-10-22(11-8-20)26(27-28-29-30-33(27)23-5-3-2-4-6-23)32-15-13-31(14-16-32)18-21-9-12-24-25(17-21)35-19-34-24/h7-12,17,23,26H,2-6,13-16,18-19H2,1H3. The topological polar surface area (TPSA) is 68.5 Å². The van der Waals surface area contributed by atoms with Crippen LogP contribution in [0, 0.1) is 6.92 Å². The minimum absolute atomic E-state index is 0.0696. The monoisotopic (exact) mass is 474 g/mol. The van der Waals surface area contributed by atoms with Crippen LogP contribution in [-0.2, 0) is 6.54 Å². The summed E-state index contributed by atoms with van der Waals surface area (Å²) in [6.07, 6.45) is 6.18. The molecule has 2 fully saturated rings. The molecule has 1 aromatic heterocycles. The summed E-state index contributed by atoms with van der Waals surface area (Å²) < 4.78 is 13.2. The third kappa shape index (κ3) is 4.77. The minimum Gasteiger partial charge on any atom is -0.454 e. The van der Waals surface area contributed by atoms with Crippen molar-refractivity contribution in [2.45, 2.75) is 57.7 Å². The van der Waals surface area contributed by atoms with E-state index in [1.165, 1.54) is 48.8 Å². The molecule has 3 heterocycles. The molecule has 1 unspecified atom stereocenters. The molecule has 8 heteroatoms. The highest BCUT2D eigenvalue weighted by molar-refractivity contribution is 5.44. The van der Waals surface area contributed by atoms with E-state index in [0.29, 0.717) is 12.8 Å². The van der Waals surface area contributed by atoms with Crippen LogP contribution in [0.2, 0.25) is 0 Å². The molecule has 0 bridgehead atoms. The van der Waals surface area contributed by atoms with Gasteiger partial charge in [-0.15, -0.1) is 5.10 Å². The molecule has 1 aliphatic carbocycles. The van der Waals surface area contributed by atoms with Crippen molar-refractivity contribution in [1.29, 1.82) is 0 Å². The second-order valence-corrected chi connectivity index (χ2v) is 10.1. The number of nitrogens with zero attached hydrogens (tertiary/aromatic N) is 6. The largest absolute Gasteiger partial charge is 0.454 e. The van der Waals surface area contributed by atoms with Crippen molar-refractivity contribution >= 4 is 0 Å². The zero-order chi connectivity index (χ0) is 23.6. The van der Waals surface area contributed by atoms with Crippen LogP contribution in [0.3, 0.4) is 0 Å². The van der Waals surface area contributed by atoms with Gasteiger partial charge in [0.15, 0.2) is 17.3 Å². The Hall–Kier alpha value is -2.97. The van der Waals surface area contributed by atoms with Gasteiger partial charge in [-0.25, -0.2) is 4.68 Å². The third-order valence-electron chi connectivity index (χ3n) is 7.69. The molecular weight excluding hydrogens is 440 g/mol. The van der Waals surface area contributed by atoms with Gasteiger partial charge in [-0.1, -0.05) is 55.2 Å². The molecule has 0 radical (unpaired) electrons. The SMILES string of the molecule is Cc1ccc(C(c2nnnn2C2CCCCC2)N2CCN(Cc3ccc4c(c3)OCO4)CC2)cc1. The molecule has 0 spiro atoms. The molecule has 184 valence electrons. The number of ether oxygens (including phenoxy) is 2. The summed E-state index contributed by atoms with van der Waals surface area (Å²) in [6, 6.07) is 15.7. The zero-order valence-corrected chi connectivity index (χ0v) is 20.5. The van der Waals surface area contributed by atoms with Crippen LogP contribution in [0.4, 0.5) is 0 Å². The van der Waals surface area contributed by atoms with Crippen molar-refractivity contribution in [3.8, 4) is 11.5 Å². The van der Waals surface area contributed by atoms with Crippen LogP contribution in [-0.4, -0.2) is 63.0 Å². The molecule has 1 saturated heterocycles. The first kappa shape index (κ1) is 22.5. The molecular formula is C27H34N6O2. The van der Waals surface area contributed by atoms with Gasteiger partial charge in [0.1, 0.15) is 0 Å². The average Bonchev–Trinajstić information content (AvgIpc) is 3.57. The van der Waals surface area contributed by atoms with Crippen molar-refractivity contribution in [2.75, 3.05) is 33.0 Å². The molecule has 35 heavy (non-hydrogen) atoms. The summed E-state index contributed by atoms with van der Waals surface area (Å²) in [5, 5.41) is 13.3. The van der Waals surface area contributed by atoms with Crippen LogP contribution in [0.25, 0.3) is 0 Å². The third-order valence-corrected chi connectivity index (χ3v) is 7.69. The minimum atomic E-state index is 0.0696. The fraction of sp³-hybridized carbons (Fsp3) is 0.519. The normalized spacial score (nSPS) is 20.3. The molecule has 3 aromatic rings. The van der Waals surface area contributed by atoms with E-state index in [2.05, 4.69) is 73.3 Å². The van der Waals surface area contributed by atoms with Gasteiger partial charge in [-0.3, -0.25) is 9.80 Å². The molecule has 3 aliphatic rings. The Morgan fingerprint density at radius 1 is 0.914 bits per heavy atom. The highest BCUT2D eigenvalue weighted by Gasteiger charge is 2.32. The van der Waals surface area contributed by atoms with Gasteiger partial charge in [0.2, 0.25) is 6.79 Å². The van der Waals surface area contributed by atoms with Crippen molar-refractivity contribution in [3.63, 3.8) is 0 Å². The van der Waals surface area contributed by atoms with Crippen LogP contribution < -0.4 is 9.47 Å². The van der Waals surface area contributed by atoms with E-state index in [1.54, 1.807) is 0 Å². The molecule has 1 atom stereocenters. The number of aryl methyl sites for hydroxylation is 1. The van der Waals surface area contributed by atoms with Gasteiger partial charge >= 0.3 is 0 Å². The predicted molar refractivity (Wildman–Crippen MR) is 132 cm³/mol. The molecule has 2 aromatic carbocycles. The van der Waals surface area contributed by atoms with Gasteiger partial charge in [-0.2, -0.15) is 0 Å². The quantitative estimate of drug-likeness (QED) is 0.532. The highest BCUT2D eigenvalue weighted by Crippen LogP contribution is 2.35. The van der Waals surface area contributed by atoms with Gasteiger partial charge in [0.25, 0.3) is 0 Å². The zero-order valence-electron chi connectivity index (χ0n) is 20.5. The lowest BCUT2D eigenvalue weighted by atomic mass is 9.95. The smallest absolute Gasteiger partial charge is 0.231 e. The summed E-state index contributed by atoms with van der Waals surface area (Å²) in [6.45, 7) is 7.32. The Morgan fingerprint density at radius 3 is 2.49 bits per heavy atom. The fourth-order valence-corrected chi connectivity index (χ4v) is 5.72. The molecule has 0 amide bonds. The van der Waals surface area contributed by atoms with Crippen LogP contribution >= 0.6 is 0 Å². The maximum atomic E-state index is 5.57. The Kier molecular flexibility index (Phi) is 6.39. The molecule has 0 N–H and O–H groups in total. The van der Waals surface area contributed by atoms with E-state index < -0.39 is 0 Å². The van der Waals surface area contributed by atoms with Gasteiger partial charge in [-0.05, 0) is 53.5 Å². The van der Waals surface area contributed by atoms with Crippen molar-refractivity contribution in [2.24, 2.45) is 0 Å².